The molecule has 13 heavy (non-hydrogen) atoms. The Labute approximate surface area is 76.3 Å². The van der Waals surface area contributed by atoms with Crippen molar-refractivity contribution in [3.8, 4) is 6.01 Å². The number of nitrogens with zero attached hydrogens (tertiary/aromatic N) is 3. The van der Waals surface area contributed by atoms with E-state index in [1.54, 1.807) is 0 Å². The minimum Gasteiger partial charge on any atom is -0.460 e. The van der Waals surface area contributed by atoms with E-state index in [4.69, 9.17) is 16.2 Å². The molecule has 0 fully saturated rings. The minimum absolute atomic E-state index is 0.0428. The molecule has 0 amide bonds. The summed E-state index contributed by atoms with van der Waals surface area (Å²) in [7, 11) is 0. The molecule has 0 saturated carbocycles. The summed E-state index contributed by atoms with van der Waals surface area (Å²) in [6.45, 7) is 3.91. The van der Waals surface area contributed by atoms with Gasteiger partial charge in [0.2, 0.25) is 11.9 Å². The quantitative estimate of drug-likeness (QED) is 0.695. The van der Waals surface area contributed by atoms with Crippen LogP contribution >= 0.6 is 0 Å². The summed E-state index contributed by atoms with van der Waals surface area (Å²) in [6, 6.07) is 0.180. The third-order valence-corrected chi connectivity index (χ3v) is 1.53. The van der Waals surface area contributed by atoms with E-state index in [1.165, 1.54) is 0 Å². The van der Waals surface area contributed by atoms with Gasteiger partial charge in [0.15, 0.2) is 0 Å². The van der Waals surface area contributed by atoms with Crippen LogP contribution in [-0.4, -0.2) is 21.1 Å². The van der Waals surface area contributed by atoms with Crippen LogP contribution in [0.5, 0.6) is 6.01 Å². The lowest BCUT2D eigenvalue weighted by atomic mass is 10.3. The number of rotatable bonds is 3. The molecule has 1 unspecified atom stereocenters. The van der Waals surface area contributed by atoms with E-state index in [2.05, 4.69) is 15.0 Å². The highest BCUT2D eigenvalue weighted by Gasteiger charge is 2.06. The summed E-state index contributed by atoms with van der Waals surface area (Å²) in [6.07, 6.45) is 0.909. The second-order valence-corrected chi connectivity index (χ2v) is 2.67. The van der Waals surface area contributed by atoms with E-state index in [9.17, 15) is 0 Å². The number of nitrogens with two attached hydrogens (primary N) is 2. The number of hydrogen-bond donors (Lipinski definition) is 2. The predicted molar refractivity (Wildman–Crippen MR) is 49.0 cm³/mol. The second-order valence-electron chi connectivity index (χ2n) is 2.67. The van der Waals surface area contributed by atoms with E-state index < -0.39 is 0 Å². The van der Waals surface area contributed by atoms with E-state index in [0.29, 0.717) is 0 Å². The molecule has 1 aromatic rings. The maximum Gasteiger partial charge on any atom is 0.323 e. The first kappa shape index (κ1) is 9.50. The van der Waals surface area contributed by atoms with Crippen LogP contribution in [0, 0.1) is 0 Å². The average molecular weight is 183 g/mol. The van der Waals surface area contributed by atoms with Gasteiger partial charge in [0.25, 0.3) is 0 Å². The Bertz CT molecular complexity index is 270. The van der Waals surface area contributed by atoms with Crippen molar-refractivity contribution in [1.82, 2.24) is 15.0 Å². The van der Waals surface area contributed by atoms with Crippen LogP contribution in [0.1, 0.15) is 20.3 Å². The molecule has 6 heteroatoms. The molecule has 0 aromatic carbocycles. The Balaban J connectivity index is 2.77. The van der Waals surface area contributed by atoms with Crippen molar-refractivity contribution in [2.45, 2.75) is 26.4 Å². The van der Waals surface area contributed by atoms with Crippen molar-refractivity contribution in [1.29, 1.82) is 0 Å². The number of nitrogen functional groups attached to an aromatic ring is 2. The van der Waals surface area contributed by atoms with Crippen molar-refractivity contribution in [3.05, 3.63) is 0 Å². The lowest BCUT2D eigenvalue weighted by molar-refractivity contribution is 0.199. The van der Waals surface area contributed by atoms with Gasteiger partial charge in [-0.1, -0.05) is 6.92 Å². The molecule has 6 nitrogen and oxygen atoms in total. The van der Waals surface area contributed by atoms with Crippen molar-refractivity contribution in [2.24, 2.45) is 0 Å². The maximum absolute atomic E-state index is 5.35. The molecule has 0 aliphatic carbocycles. The normalized spacial score (nSPS) is 12.5. The summed E-state index contributed by atoms with van der Waals surface area (Å²) < 4.78 is 5.30. The van der Waals surface area contributed by atoms with Gasteiger partial charge in [-0.15, -0.1) is 0 Å². The van der Waals surface area contributed by atoms with Gasteiger partial charge >= 0.3 is 6.01 Å². The van der Waals surface area contributed by atoms with Gasteiger partial charge in [-0.05, 0) is 13.3 Å². The topological polar surface area (TPSA) is 99.9 Å². The second kappa shape index (κ2) is 3.88. The molecule has 0 aliphatic rings. The van der Waals surface area contributed by atoms with Crippen LogP contribution in [0.15, 0.2) is 0 Å². The van der Waals surface area contributed by atoms with Gasteiger partial charge in [0.05, 0.1) is 6.10 Å². The SMILES string of the molecule is CCC(C)Oc1nc(N)nc(N)n1. The molecular weight excluding hydrogens is 170 g/mol. The molecule has 1 rings (SSSR count). The van der Waals surface area contributed by atoms with Gasteiger partial charge in [-0.3, -0.25) is 0 Å². The third kappa shape index (κ3) is 2.73. The summed E-state index contributed by atoms with van der Waals surface area (Å²) in [5, 5.41) is 0. The van der Waals surface area contributed by atoms with Gasteiger partial charge in [-0.2, -0.15) is 15.0 Å². The van der Waals surface area contributed by atoms with Crippen molar-refractivity contribution < 1.29 is 4.74 Å². The Morgan fingerprint density at radius 2 is 1.77 bits per heavy atom. The highest BCUT2D eigenvalue weighted by atomic mass is 16.5. The molecule has 0 radical (unpaired) electrons. The molecule has 1 aromatic heterocycles. The highest BCUT2D eigenvalue weighted by Crippen LogP contribution is 2.09. The van der Waals surface area contributed by atoms with Crippen LogP contribution in [0.2, 0.25) is 0 Å². The van der Waals surface area contributed by atoms with E-state index >= 15 is 0 Å². The Hall–Kier alpha value is -1.59. The van der Waals surface area contributed by atoms with Crippen LogP contribution in [-0.2, 0) is 0 Å². The Morgan fingerprint density at radius 3 is 2.23 bits per heavy atom. The summed E-state index contributed by atoms with van der Waals surface area (Å²) >= 11 is 0. The Morgan fingerprint density at radius 1 is 1.23 bits per heavy atom. The van der Waals surface area contributed by atoms with Crippen LogP contribution < -0.4 is 16.2 Å². The molecule has 0 aliphatic heterocycles. The monoisotopic (exact) mass is 183 g/mol. The van der Waals surface area contributed by atoms with Crippen molar-refractivity contribution >= 4 is 11.9 Å². The number of anilines is 2. The summed E-state index contributed by atoms with van der Waals surface area (Å²) in [5.74, 6) is 0.150. The van der Waals surface area contributed by atoms with Crippen LogP contribution in [0.3, 0.4) is 0 Å². The maximum atomic E-state index is 5.35. The molecule has 1 atom stereocenters. The fourth-order valence-electron chi connectivity index (χ4n) is 0.704. The van der Waals surface area contributed by atoms with Crippen molar-refractivity contribution in [3.63, 3.8) is 0 Å². The summed E-state index contributed by atoms with van der Waals surface area (Å²) in [4.78, 5) is 11.2. The lowest BCUT2D eigenvalue weighted by Gasteiger charge is -2.10. The predicted octanol–water partition coefficient (Wildman–Crippen LogP) is 0.213. The first-order chi connectivity index (χ1) is 6.11. The van der Waals surface area contributed by atoms with Gasteiger partial charge in [0.1, 0.15) is 0 Å². The van der Waals surface area contributed by atoms with Gasteiger partial charge < -0.3 is 16.2 Å². The largest absolute Gasteiger partial charge is 0.460 e. The molecule has 0 spiro atoms. The molecule has 0 saturated heterocycles. The molecule has 4 N–H and O–H groups in total. The minimum atomic E-state index is 0.0428. The van der Waals surface area contributed by atoms with E-state index in [1.807, 2.05) is 13.8 Å². The zero-order valence-corrected chi connectivity index (χ0v) is 7.69. The van der Waals surface area contributed by atoms with Crippen LogP contribution in [0.25, 0.3) is 0 Å². The first-order valence-electron chi connectivity index (χ1n) is 4.05. The number of hydrogen-bond acceptors (Lipinski definition) is 6. The highest BCUT2D eigenvalue weighted by molar-refractivity contribution is 5.27. The number of ether oxygens (including phenoxy) is 1. The summed E-state index contributed by atoms with van der Waals surface area (Å²) in [5.41, 5.74) is 10.7. The van der Waals surface area contributed by atoms with E-state index in [0.717, 1.165) is 6.42 Å². The first-order valence-corrected chi connectivity index (χ1v) is 4.05. The average Bonchev–Trinajstić information content (AvgIpc) is 2.02. The zero-order valence-electron chi connectivity index (χ0n) is 7.69. The van der Waals surface area contributed by atoms with Gasteiger partial charge in [-0.25, -0.2) is 0 Å². The lowest BCUT2D eigenvalue weighted by Crippen LogP contribution is -2.14. The van der Waals surface area contributed by atoms with Crippen LogP contribution in [0.4, 0.5) is 11.9 Å². The third-order valence-electron chi connectivity index (χ3n) is 1.53. The molecule has 72 valence electrons. The molecular formula is C7H13N5O. The standard InChI is InChI=1S/C7H13N5O/c1-3-4(2)13-7-11-5(8)10-6(9)12-7/h4H,3H2,1-2H3,(H4,8,9,10,11,12). The molecule has 0 bridgehead atoms. The fourth-order valence-corrected chi connectivity index (χ4v) is 0.704. The van der Waals surface area contributed by atoms with Gasteiger partial charge in [0, 0.05) is 0 Å². The van der Waals surface area contributed by atoms with E-state index in [-0.39, 0.29) is 24.0 Å². The molecule has 1 heterocycles. The Kier molecular flexibility index (Phi) is 2.84. The van der Waals surface area contributed by atoms with Crippen molar-refractivity contribution in [2.75, 3.05) is 11.5 Å². The zero-order chi connectivity index (χ0) is 9.84. The number of aromatic nitrogens is 3. The fraction of sp³-hybridized carbons (Fsp3) is 0.571. The smallest absolute Gasteiger partial charge is 0.323 e.